The molecule has 0 atom stereocenters. The minimum absolute atomic E-state index is 0.0384. The molecule has 0 radical (unpaired) electrons. The van der Waals surface area contributed by atoms with Gasteiger partial charge in [0.15, 0.2) is 0 Å². The number of carbonyl (C=O) groups is 1. The maximum atomic E-state index is 11.3. The van der Waals surface area contributed by atoms with Gasteiger partial charge in [-0.25, -0.2) is 5.43 Å². The van der Waals surface area contributed by atoms with Crippen LogP contribution >= 0.6 is 0 Å². The third kappa shape index (κ3) is 4.96. The van der Waals surface area contributed by atoms with Gasteiger partial charge in [-0.15, -0.1) is 0 Å². The van der Waals surface area contributed by atoms with E-state index in [1.54, 1.807) is 6.21 Å². The van der Waals surface area contributed by atoms with Gasteiger partial charge in [0.05, 0.1) is 0 Å². The van der Waals surface area contributed by atoms with E-state index >= 15 is 0 Å². The van der Waals surface area contributed by atoms with Gasteiger partial charge in [-0.05, 0) is 18.4 Å². The molecule has 0 aliphatic rings. The lowest BCUT2D eigenvalue weighted by molar-refractivity contribution is -0.121. The summed E-state index contributed by atoms with van der Waals surface area (Å²) in [5.74, 6) is -0.0384. The van der Waals surface area contributed by atoms with E-state index in [0.29, 0.717) is 6.42 Å². The van der Waals surface area contributed by atoms with E-state index in [4.69, 9.17) is 0 Å². The van der Waals surface area contributed by atoms with E-state index in [9.17, 15) is 4.79 Å². The number of hydrogen-bond acceptors (Lipinski definition) is 2. The van der Waals surface area contributed by atoms with Crippen LogP contribution in [0.4, 0.5) is 0 Å². The largest absolute Gasteiger partial charge is 0.273 e. The van der Waals surface area contributed by atoms with E-state index < -0.39 is 0 Å². The highest BCUT2D eigenvalue weighted by molar-refractivity contribution is 5.76. The number of rotatable bonds is 5. The van der Waals surface area contributed by atoms with Crippen LogP contribution in [0.2, 0.25) is 0 Å². The molecular weight excluding hydrogens is 188 g/mol. The van der Waals surface area contributed by atoms with Crippen molar-refractivity contribution in [2.75, 3.05) is 0 Å². The Bertz CT molecular complexity index is 320. The van der Waals surface area contributed by atoms with Gasteiger partial charge >= 0.3 is 0 Å². The summed E-state index contributed by atoms with van der Waals surface area (Å²) in [5, 5.41) is 3.78. The molecule has 80 valence electrons. The number of aryl methyl sites for hydroxylation is 1. The molecule has 1 aromatic rings. The summed E-state index contributed by atoms with van der Waals surface area (Å²) in [6.07, 6.45) is 3.75. The van der Waals surface area contributed by atoms with Gasteiger partial charge in [0.1, 0.15) is 0 Å². The second kappa shape index (κ2) is 6.76. The van der Waals surface area contributed by atoms with Crippen molar-refractivity contribution in [1.29, 1.82) is 0 Å². The monoisotopic (exact) mass is 204 g/mol. The molecule has 0 bridgehead atoms. The lowest BCUT2D eigenvalue weighted by Gasteiger charge is -2.00. The van der Waals surface area contributed by atoms with Crippen LogP contribution in [0.1, 0.15) is 25.3 Å². The second-order valence-corrected chi connectivity index (χ2v) is 3.24. The van der Waals surface area contributed by atoms with E-state index in [1.807, 2.05) is 37.3 Å². The van der Waals surface area contributed by atoms with Crippen LogP contribution in [0.15, 0.2) is 35.4 Å². The molecule has 0 unspecified atom stereocenters. The van der Waals surface area contributed by atoms with Gasteiger partial charge in [0.25, 0.3) is 0 Å². The summed E-state index contributed by atoms with van der Waals surface area (Å²) in [6.45, 7) is 1.97. The highest BCUT2D eigenvalue weighted by Crippen LogP contribution is 2.01. The van der Waals surface area contributed by atoms with Crippen molar-refractivity contribution in [1.82, 2.24) is 5.43 Å². The average molecular weight is 204 g/mol. The highest BCUT2D eigenvalue weighted by Gasteiger charge is 1.99. The maximum absolute atomic E-state index is 11.3. The SMILES string of the molecule is CC/C=N/NC(=O)CCc1ccccc1. The molecule has 0 spiro atoms. The van der Waals surface area contributed by atoms with Gasteiger partial charge in [0.2, 0.25) is 5.91 Å². The molecule has 0 fully saturated rings. The lowest BCUT2D eigenvalue weighted by Crippen LogP contribution is -2.17. The Morgan fingerprint density at radius 3 is 2.80 bits per heavy atom. The summed E-state index contributed by atoms with van der Waals surface area (Å²) >= 11 is 0. The Balaban J connectivity index is 2.26. The Kier molecular flexibility index (Phi) is 5.15. The molecule has 0 saturated carbocycles. The first kappa shape index (κ1) is 11.4. The molecule has 0 aromatic heterocycles. The Hall–Kier alpha value is -1.64. The summed E-state index contributed by atoms with van der Waals surface area (Å²) in [4.78, 5) is 11.3. The fourth-order valence-electron chi connectivity index (χ4n) is 1.17. The molecule has 1 N–H and O–H groups in total. The zero-order chi connectivity index (χ0) is 10.9. The van der Waals surface area contributed by atoms with Crippen molar-refractivity contribution in [3.05, 3.63) is 35.9 Å². The Morgan fingerprint density at radius 2 is 2.13 bits per heavy atom. The number of carbonyl (C=O) groups excluding carboxylic acids is 1. The fourth-order valence-corrected chi connectivity index (χ4v) is 1.17. The molecule has 0 heterocycles. The number of nitrogens with zero attached hydrogens (tertiary/aromatic N) is 1. The third-order valence-corrected chi connectivity index (χ3v) is 1.95. The Labute approximate surface area is 90.2 Å². The van der Waals surface area contributed by atoms with Gasteiger partial charge in [-0.2, -0.15) is 5.10 Å². The maximum Gasteiger partial charge on any atom is 0.240 e. The summed E-state index contributed by atoms with van der Waals surface area (Å²) in [7, 11) is 0. The summed E-state index contributed by atoms with van der Waals surface area (Å²) in [6, 6.07) is 9.95. The van der Waals surface area contributed by atoms with Crippen LogP contribution < -0.4 is 5.43 Å². The number of hydrogen-bond donors (Lipinski definition) is 1. The van der Waals surface area contributed by atoms with Crippen molar-refractivity contribution < 1.29 is 4.79 Å². The van der Waals surface area contributed by atoms with Crippen molar-refractivity contribution >= 4 is 12.1 Å². The minimum Gasteiger partial charge on any atom is -0.273 e. The smallest absolute Gasteiger partial charge is 0.240 e. The molecule has 0 saturated heterocycles. The van der Waals surface area contributed by atoms with Crippen molar-refractivity contribution in [2.45, 2.75) is 26.2 Å². The van der Waals surface area contributed by atoms with Crippen molar-refractivity contribution in [3.63, 3.8) is 0 Å². The molecule has 15 heavy (non-hydrogen) atoms. The van der Waals surface area contributed by atoms with E-state index in [2.05, 4.69) is 10.5 Å². The van der Waals surface area contributed by atoms with Crippen molar-refractivity contribution in [2.24, 2.45) is 5.10 Å². The molecule has 1 amide bonds. The topological polar surface area (TPSA) is 41.5 Å². The quantitative estimate of drug-likeness (QED) is 0.579. The van der Waals surface area contributed by atoms with Crippen LogP contribution in [-0.2, 0) is 11.2 Å². The summed E-state index contributed by atoms with van der Waals surface area (Å²) < 4.78 is 0. The van der Waals surface area contributed by atoms with Gasteiger partial charge < -0.3 is 0 Å². The standard InChI is InChI=1S/C12H16N2O/c1-2-10-13-14-12(15)9-8-11-6-4-3-5-7-11/h3-7,10H,2,8-9H2,1H3,(H,14,15)/b13-10+. The number of amides is 1. The molecule has 1 rings (SSSR count). The molecule has 1 aromatic carbocycles. The average Bonchev–Trinajstić information content (AvgIpc) is 2.28. The third-order valence-electron chi connectivity index (χ3n) is 1.95. The fraction of sp³-hybridized carbons (Fsp3) is 0.333. The molecule has 3 heteroatoms. The van der Waals surface area contributed by atoms with Gasteiger partial charge in [-0.1, -0.05) is 37.3 Å². The molecule has 0 aliphatic carbocycles. The molecule has 3 nitrogen and oxygen atoms in total. The minimum atomic E-state index is -0.0384. The first-order chi connectivity index (χ1) is 7.33. The van der Waals surface area contributed by atoms with Crippen LogP contribution in [0.5, 0.6) is 0 Å². The van der Waals surface area contributed by atoms with Crippen LogP contribution in [0, 0.1) is 0 Å². The van der Waals surface area contributed by atoms with Crippen molar-refractivity contribution in [3.8, 4) is 0 Å². The summed E-state index contributed by atoms with van der Waals surface area (Å²) in [5.41, 5.74) is 3.66. The van der Waals surface area contributed by atoms with E-state index in [1.165, 1.54) is 5.56 Å². The van der Waals surface area contributed by atoms with E-state index in [0.717, 1.165) is 12.8 Å². The van der Waals surface area contributed by atoms with Crippen LogP contribution in [0.25, 0.3) is 0 Å². The highest BCUT2D eigenvalue weighted by atomic mass is 16.2. The predicted molar refractivity (Wildman–Crippen MR) is 61.7 cm³/mol. The van der Waals surface area contributed by atoms with Gasteiger partial charge in [-0.3, -0.25) is 4.79 Å². The normalized spacial score (nSPS) is 10.5. The lowest BCUT2D eigenvalue weighted by atomic mass is 10.1. The second-order valence-electron chi connectivity index (χ2n) is 3.24. The van der Waals surface area contributed by atoms with Crippen LogP contribution in [-0.4, -0.2) is 12.1 Å². The predicted octanol–water partition coefficient (Wildman–Crippen LogP) is 2.13. The van der Waals surface area contributed by atoms with Gasteiger partial charge in [0, 0.05) is 12.6 Å². The zero-order valence-electron chi connectivity index (χ0n) is 8.94. The number of benzene rings is 1. The first-order valence-corrected chi connectivity index (χ1v) is 5.17. The first-order valence-electron chi connectivity index (χ1n) is 5.17. The number of nitrogens with one attached hydrogen (secondary N) is 1. The Morgan fingerprint density at radius 1 is 1.40 bits per heavy atom. The van der Waals surface area contributed by atoms with E-state index in [-0.39, 0.29) is 5.91 Å². The molecular formula is C12H16N2O. The zero-order valence-corrected chi connectivity index (χ0v) is 8.94. The van der Waals surface area contributed by atoms with Crippen LogP contribution in [0.3, 0.4) is 0 Å². The number of hydrazone groups is 1. The molecule has 0 aliphatic heterocycles.